The van der Waals surface area contributed by atoms with Crippen molar-refractivity contribution in [3.05, 3.63) is 48.1 Å². The van der Waals surface area contributed by atoms with Gasteiger partial charge in [-0.15, -0.1) is 0 Å². The normalized spacial score (nSPS) is 13.4. The highest BCUT2D eigenvalue weighted by atomic mass is 16.5. The molecule has 6 heteroatoms. The average Bonchev–Trinajstić information content (AvgIpc) is 2.73. The van der Waals surface area contributed by atoms with Gasteiger partial charge in [-0.05, 0) is 24.6 Å². The Morgan fingerprint density at radius 1 is 1.26 bits per heavy atom. The molecule has 23 heavy (non-hydrogen) atoms. The summed E-state index contributed by atoms with van der Waals surface area (Å²) in [5.74, 6) is 0.0172. The van der Waals surface area contributed by atoms with Crippen LogP contribution >= 0.6 is 0 Å². The van der Waals surface area contributed by atoms with Crippen molar-refractivity contribution in [1.29, 1.82) is 0 Å². The van der Waals surface area contributed by atoms with E-state index < -0.39 is 0 Å². The monoisotopic (exact) mass is 308 g/mol. The maximum absolute atomic E-state index is 12.0. The minimum absolute atomic E-state index is 0.275. The lowest BCUT2D eigenvalue weighted by Gasteiger charge is -2.05. The fourth-order valence-corrected chi connectivity index (χ4v) is 2.37. The van der Waals surface area contributed by atoms with Crippen LogP contribution in [0.4, 0.5) is 5.69 Å². The lowest BCUT2D eigenvalue weighted by molar-refractivity contribution is -0.138. The van der Waals surface area contributed by atoms with Crippen molar-refractivity contribution >= 4 is 23.6 Å². The van der Waals surface area contributed by atoms with E-state index in [4.69, 9.17) is 10.5 Å². The van der Waals surface area contributed by atoms with E-state index in [1.807, 2.05) is 18.2 Å². The fraction of sp³-hybridized carbons (Fsp3) is 0.176. The van der Waals surface area contributed by atoms with Crippen molar-refractivity contribution in [3.8, 4) is 11.1 Å². The number of ether oxygens (including phenoxy) is 1. The van der Waals surface area contributed by atoms with E-state index in [9.17, 15) is 4.79 Å². The highest BCUT2D eigenvalue weighted by molar-refractivity contribution is 6.03. The van der Waals surface area contributed by atoms with E-state index in [1.54, 1.807) is 25.4 Å². The van der Waals surface area contributed by atoms with Gasteiger partial charge in [-0.1, -0.05) is 12.1 Å². The topological polar surface area (TPSA) is 90.5 Å². The summed E-state index contributed by atoms with van der Waals surface area (Å²) < 4.78 is 5.06. The number of nitrogens with two attached hydrogens (primary N) is 1. The summed E-state index contributed by atoms with van der Waals surface area (Å²) in [5.41, 5.74) is 9.81. The summed E-state index contributed by atoms with van der Waals surface area (Å²) in [5, 5.41) is 0. The van der Waals surface area contributed by atoms with Gasteiger partial charge in [0.1, 0.15) is 12.2 Å². The van der Waals surface area contributed by atoms with E-state index in [0.29, 0.717) is 23.7 Å². The highest BCUT2D eigenvalue weighted by Crippen LogP contribution is 2.31. The SMILES string of the molecule is CCOC(=O)C1=Cc2ccc(-c3cncnc3)cc2N=C(N)C1. The van der Waals surface area contributed by atoms with Gasteiger partial charge >= 0.3 is 5.97 Å². The number of aromatic nitrogens is 2. The summed E-state index contributed by atoms with van der Waals surface area (Å²) in [6.45, 7) is 2.10. The van der Waals surface area contributed by atoms with E-state index in [2.05, 4.69) is 15.0 Å². The van der Waals surface area contributed by atoms with Gasteiger partial charge < -0.3 is 10.5 Å². The molecule has 0 fully saturated rings. The molecule has 1 aromatic heterocycles. The smallest absolute Gasteiger partial charge is 0.334 e. The molecule has 0 aliphatic carbocycles. The Balaban J connectivity index is 2.03. The van der Waals surface area contributed by atoms with Crippen LogP contribution < -0.4 is 5.73 Å². The van der Waals surface area contributed by atoms with Crippen molar-refractivity contribution in [2.24, 2.45) is 10.7 Å². The summed E-state index contributed by atoms with van der Waals surface area (Å²) >= 11 is 0. The van der Waals surface area contributed by atoms with Gasteiger partial charge in [0.2, 0.25) is 0 Å². The molecule has 3 rings (SSSR count). The Morgan fingerprint density at radius 3 is 2.78 bits per heavy atom. The maximum Gasteiger partial charge on any atom is 0.334 e. The lowest BCUT2D eigenvalue weighted by Crippen LogP contribution is -2.16. The Labute approximate surface area is 133 Å². The maximum atomic E-state index is 12.0. The van der Waals surface area contributed by atoms with E-state index in [-0.39, 0.29) is 12.4 Å². The van der Waals surface area contributed by atoms with Gasteiger partial charge in [-0.25, -0.2) is 19.8 Å². The highest BCUT2D eigenvalue weighted by Gasteiger charge is 2.17. The molecule has 116 valence electrons. The first kappa shape index (κ1) is 14.9. The number of benzene rings is 1. The Morgan fingerprint density at radius 2 is 2.04 bits per heavy atom. The average molecular weight is 308 g/mol. The molecular formula is C17H16N4O2. The van der Waals surface area contributed by atoms with Crippen LogP contribution in [0.25, 0.3) is 17.2 Å². The van der Waals surface area contributed by atoms with Crippen LogP contribution in [0, 0.1) is 0 Å². The summed E-state index contributed by atoms with van der Waals surface area (Å²) in [7, 11) is 0. The second-order valence-corrected chi connectivity index (χ2v) is 5.07. The molecule has 2 N–H and O–H groups in total. The quantitative estimate of drug-likeness (QED) is 0.880. The molecular weight excluding hydrogens is 292 g/mol. The number of hydrogen-bond acceptors (Lipinski definition) is 6. The number of esters is 1. The second kappa shape index (κ2) is 6.39. The molecule has 0 atom stereocenters. The fourth-order valence-electron chi connectivity index (χ4n) is 2.37. The van der Waals surface area contributed by atoms with Gasteiger partial charge in [0.05, 0.1) is 12.3 Å². The Hall–Kier alpha value is -3.02. The Bertz CT molecular complexity index is 797. The molecule has 2 aromatic rings. The zero-order valence-corrected chi connectivity index (χ0v) is 12.7. The van der Waals surface area contributed by atoms with Crippen LogP contribution in [0.3, 0.4) is 0 Å². The number of amidine groups is 1. The summed E-state index contributed by atoms with van der Waals surface area (Å²) in [6.07, 6.45) is 7.01. The van der Waals surface area contributed by atoms with Crippen LogP contribution in [0.1, 0.15) is 18.9 Å². The predicted molar refractivity (Wildman–Crippen MR) is 88.0 cm³/mol. The predicted octanol–water partition coefficient (Wildman–Crippen LogP) is 2.48. The molecule has 6 nitrogen and oxygen atoms in total. The van der Waals surface area contributed by atoms with Crippen LogP contribution in [-0.2, 0) is 9.53 Å². The van der Waals surface area contributed by atoms with Gasteiger partial charge in [0.25, 0.3) is 0 Å². The molecule has 1 aliphatic heterocycles. The van der Waals surface area contributed by atoms with Crippen molar-refractivity contribution in [1.82, 2.24) is 9.97 Å². The minimum atomic E-state index is -0.362. The molecule has 0 amide bonds. The van der Waals surface area contributed by atoms with E-state index >= 15 is 0 Å². The standard InChI is InChI=1S/C17H16N4O2/c1-2-23-17(22)13-5-12-4-3-11(14-8-19-10-20-9-14)6-15(12)21-16(18)7-13/h3-6,8-10H,2,7H2,1H3,(H2,18,21). The molecule has 0 radical (unpaired) electrons. The van der Waals surface area contributed by atoms with Crippen LogP contribution in [0.2, 0.25) is 0 Å². The Kier molecular flexibility index (Phi) is 4.14. The number of rotatable bonds is 3. The zero-order chi connectivity index (χ0) is 16.2. The third kappa shape index (κ3) is 3.26. The number of hydrogen-bond donors (Lipinski definition) is 1. The molecule has 0 bridgehead atoms. The first-order valence-electron chi connectivity index (χ1n) is 7.27. The van der Waals surface area contributed by atoms with Gasteiger partial charge in [-0.3, -0.25) is 0 Å². The van der Waals surface area contributed by atoms with Crippen molar-refractivity contribution in [2.45, 2.75) is 13.3 Å². The van der Waals surface area contributed by atoms with Crippen LogP contribution in [0.15, 0.2) is 47.5 Å². The third-order valence-electron chi connectivity index (χ3n) is 3.43. The number of aliphatic imine (C=N–C) groups is 1. The zero-order valence-electron chi connectivity index (χ0n) is 12.7. The van der Waals surface area contributed by atoms with Crippen LogP contribution in [-0.4, -0.2) is 28.4 Å². The van der Waals surface area contributed by atoms with E-state index in [0.717, 1.165) is 16.7 Å². The van der Waals surface area contributed by atoms with Crippen molar-refractivity contribution < 1.29 is 9.53 Å². The summed E-state index contributed by atoms with van der Waals surface area (Å²) in [6, 6.07) is 5.75. The van der Waals surface area contributed by atoms with E-state index in [1.165, 1.54) is 6.33 Å². The van der Waals surface area contributed by atoms with Gasteiger partial charge in [0, 0.05) is 35.5 Å². The first-order chi connectivity index (χ1) is 11.2. The molecule has 1 aliphatic rings. The van der Waals surface area contributed by atoms with Crippen LogP contribution in [0.5, 0.6) is 0 Å². The van der Waals surface area contributed by atoms with Gasteiger partial charge in [-0.2, -0.15) is 0 Å². The minimum Gasteiger partial charge on any atom is -0.463 e. The molecule has 0 spiro atoms. The first-order valence-corrected chi connectivity index (χ1v) is 7.27. The molecule has 2 heterocycles. The summed E-state index contributed by atoms with van der Waals surface area (Å²) in [4.78, 5) is 24.4. The third-order valence-corrected chi connectivity index (χ3v) is 3.43. The molecule has 0 saturated carbocycles. The second-order valence-electron chi connectivity index (χ2n) is 5.07. The molecule has 0 saturated heterocycles. The van der Waals surface area contributed by atoms with Gasteiger partial charge in [0.15, 0.2) is 0 Å². The number of carbonyl (C=O) groups is 1. The number of fused-ring (bicyclic) bond motifs is 1. The molecule has 1 aromatic carbocycles. The van der Waals surface area contributed by atoms with Crippen molar-refractivity contribution in [2.75, 3.05) is 6.61 Å². The number of carbonyl (C=O) groups excluding carboxylic acids is 1. The number of nitrogens with zero attached hydrogens (tertiary/aromatic N) is 3. The lowest BCUT2D eigenvalue weighted by atomic mass is 10.0. The largest absolute Gasteiger partial charge is 0.463 e. The molecule has 0 unspecified atom stereocenters. The van der Waals surface area contributed by atoms with Crippen molar-refractivity contribution in [3.63, 3.8) is 0 Å².